The van der Waals surface area contributed by atoms with Crippen molar-refractivity contribution in [1.82, 2.24) is 4.98 Å². The van der Waals surface area contributed by atoms with Gasteiger partial charge in [0.1, 0.15) is 0 Å². The van der Waals surface area contributed by atoms with Crippen LogP contribution in [-0.4, -0.2) is 25.3 Å². The molecule has 0 bridgehead atoms. The summed E-state index contributed by atoms with van der Waals surface area (Å²) in [5.41, 5.74) is 3.76. The van der Waals surface area contributed by atoms with Gasteiger partial charge in [-0.2, -0.15) is 0 Å². The molecular weight excluding hydrogens is 274 g/mol. The van der Waals surface area contributed by atoms with E-state index in [0.29, 0.717) is 5.92 Å². The van der Waals surface area contributed by atoms with Crippen molar-refractivity contribution < 1.29 is 9.47 Å². The molecule has 3 rings (SSSR count). The van der Waals surface area contributed by atoms with Crippen LogP contribution < -0.4 is 4.74 Å². The van der Waals surface area contributed by atoms with Gasteiger partial charge in [-0.25, -0.2) is 4.98 Å². The molecule has 0 saturated carbocycles. The second-order valence-corrected chi connectivity index (χ2v) is 5.89. The molecule has 3 heteroatoms. The summed E-state index contributed by atoms with van der Waals surface area (Å²) >= 11 is 0. The van der Waals surface area contributed by atoms with Gasteiger partial charge in [-0.05, 0) is 36.0 Å². The van der Waals surface area contributed by atoms with Crippen LogP contribution >= 0.6 is 0 Å². The van der Waals surface area contributed by atoms with Gasteiger partial charge in [0.05, 0.1) is 7.11 Å². The number of nitrogens with zero attached hydrogens (tertiary/aromatic N) is 1. The molecule has 1 unspecified atom stereocenters. The molecule has 0 spiro atoms. The maximum Gasteiger partial charge on any atom is 0.216 e. The summed E-state index contributed by atoms with van der Waals surface area (Å²) in [6.07, 6.45) is 4.12. The lowest BCUT2D eigenvalue weighted by atomic mass is 9.88. The fraction of sp³-hybridized carbons (Fsp3) is 0.421. The third-order valence-corrected chi connectivity index (χ3v) is 4.55. The van der Waals surface area contributed by atoms with Crippen molar-refractivity contribution in [3.05, 3.63) is 59.3 Å². The maximum atomic E-state index is 5.49. The number of aromatic nitrogens is 1. The van der Waals surface area contributed by atoms with Crippen LogP contribution in [0.5, 0.6) is 5.88 Å². The first-order valence-electron chi connectivity index (χ1n) is 7.96. The first-order chi connectivity index (χ1) is 10.8. The summed E-state index contributed by atoms with van der Waals surface area (Å²) in [5.74, 6) is 1.55. The number of hydrogen-bond acceptors (Lipinski definition) is 3. The molecule has 1 aliphatic rings. The fourth-order valence-corrected chi connectivity index (χ4v) is 3.14. The van der Waals surface area contributed by atoms with E-state index in [0.717, 1.165) is 37.5 Å². The molecule has 1 aromatic heterocycles. The van der Waals surface area contributed by atoms with Gasteiger partial charge in [-0.3, -0.25) is 0 Å². The van der Waals surface area contributed by atoms with E-state index in [9.17, 15) is 0 Å². The minimum Gasteiger partial charge on any atom is -0.481 e. The van der Waals surface area contributed by atoms with Crippen LogP contribution in [0.4, 0.5) is 0 Å². The Balaban J connectivity index is 1.94. The highest BCUT2D eigenvalue weighted by molar-refractivity contribution is 5.40. The van der Waals surface area contributed by atoms with Gasteiger partial charge in [-0.1, -0.05) is 37.3 Å². The Morgan fingerprint density at radius 1 is 1.18 bits per heavy atom. The van der Waals surface area contributed by atoms with Gasteiger partial charge in [0.2, 0.25) is 5.88 Å². The molecule has 3 nitrogen and oxygen atoms in total. The van der Waals surface area contributed by atoms with E-state index in [1.165, 1.54) is 11.1 Å². The molecule has 0 N–H and O–H groups in total. The molecule has 2 heterocycles. The lowest BCUT2D eigenvalue weighted by Gasteiger charge is -2.24. The van der Waals surface area contributed by atoms with Crippen LogP contribution in [0, 0.1) is 0 Å². The van der Waals surface area contributed by atoms with Crippen LogP contribution in [0.1, 0.15) is 48.3 Å². The molecule has 22 heavy (non-hydrogen) atoms. The lowest BCUT2D eigenvalue weighted by Crippen LogP contribution is -2.15. The third-order valence-electron chi connectivity index (χ3n) is 4.55. The number of benzene rings is 1. The van der Waals surface area contributed by atoms with Crippen LogP contribution in [0.2, 0.25) is 0 Å². The fourth-order valence-electron chi connectivity index (χ4n) is 3.14. The Bertz CT molecular complexity index is 606. The highest BCUT2D eigenvalue weighted by atomic mass is 16.5. The maximum absolute atomic E-state index is 5.49. The van der Waals surface area contributed by atoms with Crippen molar-refractivity contribution in [1.29, 1.82) is 0 Å². The SMILES string of the molecule is COc1ncc(C2CCOCC2)cc1C(C)c1ccccc1. The normalized spacial score (nSPS) is 17.2. The standard InChI is InChI=1S/C19H23NO2/c1-14(15-6-4-3-5-7-15)18-12-17(13-20-19(18)21-2)16-8-10-22-11-9-16/h3-7,12-14,16H,8-11H2,1-2H3. The second-order valence-electron chi connectivity index (χ2n) is 5.89. The van der Waals surface area contributed by atoms with Gasteiger partial charge >= 0.3 is 0 Å². The first-order valence-corrected chi connectivity index (χ1v) is 7.96. The van der Waals surface area contributed by atoms with Crippen molar-refractivity contribution in [3.8, 4) is 5.88 Å². The highest BCUT2D eigenvalue weighted by Gasteiger charge is 2.20. The number of ether oxygens (including phenoxy) is 2. The van der Waals surface area contributed by atoms with Crippen molar-refractivity contribution in [2.45, 2.75) is 31.6 Å². The van der Waals surface area contributed by atoms with Gasteiger partial charge in [-0.15, -0.1) is 0 Å². The van der Waals surface area contributed by atoms with E-state index in [1.807, 2.05) is 12.3 Å². The Kier molecular flexibility index (Phi) is 4.74. The number of methoxy groups -OCH3 is 1. The summed E-state index contributed by atoms with van der Waals surface area (Å²) < 4.78 is 11.0. The van der Waals surface area contributed by atoms with Gasteiger partial charge < -0.3 is 9.47 Å². The second kappa shape index (κ2) is 6.93. The van der Waals surface area contributed by atoms with Crippen molar-refractivity contribution in [2.24, 2.45) is 0 Å². The van der Waals surface area contributed by atoms with E-state index in [4.69, 9.17) is 9.47 Å². The molecule has 0 radical (unpaired) electrons. The molecule has 1 aliphatic heterocycles. The summed E-state index contributed by atoms with van der Waals surface area (Å²) in [6.45, 7) is 3.91. The molecule has 1 saturated heterocycles. The smallest absolute Gasteiger partial charge is 0.216 e. The quantitative estimate of drug-likeness (QED) is 0.850. The zero-order chi connectivity index (χ0) is 15.4. The molecule has 2 aromatic rings. The van der Waals surface area contributed by atoms with E-state index in [-0.39, 0.29) is 5.92 Å². The molecule has 0 aliphatic carbocycles. The largest absolute Gasteiger partial charge is 0.481 e. The Morgan fingerprint density at radius 3 is 2.59 bits per heavy atom. The first kappa shape index (κ1) is 15.0. The average molecular weight is 297 g/mol. The minimum absolute atomic E-state index is 0.267. The zero-order valence-electron chi connectivity index (χ0n) is 13.3. The van der Waals surface area contributed by atoms with Crippen molar-refractivity contribution >= 4 is 0 Å². The average Bonchev–Trinajstić information content (AvgIpc) is 2.62. The Hall–Kier alpha value is -1.87. The topological polar surface area (TPSA) is 31.4 Å². The molecular formula is C19H23NO2. The van der Waals surface area contributed by atoms with Gasteiger partial charge in [0.25, 0.3) is 0 Å². The van der Waals surface area contributed by atoms with Crippen molar-refractivity contribution in [2.75, 3.05) is 20.3 Å². The lowest BCUT2D eigenvalue weighted by molar-refractivity contribution is 0.0852. The number of pyridine rings is 1. The van der Waals surface area contributed by atoms with E-state index in [1.54, 1.807) is 7.11 Å². The number of hydrogen-bond donors (Lipinski definition) is 0. The summed E-state index contributed by atoms with van der Waals surface area (Å²) in [5, 5.41) is 0. The molecule has 0 amide bonds. The van der Waals surface area contributed by atoms with E-state index >= 15 is 0 Å². The number of rotatable bonds is 4. The monoisotopic (exact) mass is 297 g/mol. The molecule has 1 fully saturated rings. The molecule has 116 valence electrons. The predicted octanol–water partition coefficient (Wildman–Crippen LogP) is 4.14. The highest BCUT2D eigenvalue weighted by Crippen LogP contribution is 2.34. The van der Waals surface area contributed by atoms with Gasteiger partial charge in [0, 0.05) is 30.9 Å². The van der Waals surface area contributed by atoms with Crippen molar-refractivity contribution in [3.63, 3.8) is 0 Å². The van der Waals surface area contributed by atoms with Crippen LogP contribution in [0.3, 0.4) is 0 Å². The molecule has 1 atom stereocenters. The minimum atomic E-state index is 0.267. The summed E-state index contributed by atoms with van der Waals surface area (Å²) in [4.78, 5) is 4.56. The Labute approximate surface area is 132 Å². The Morgan fingerprint density at radius 2 is 1.91 bits per heavy atom. The van der Waals surface area contributed by atoms with E-state index in [2.05, 4.69) is 42.2 Å². The van der Waals surface area contributed by atoms with E-state index < -0.39 is 0 Å². The van der Waals surface area contributed by atoms with Crippen LogP contribution in [0.15, 0.2) is 42.6 Å². The predicted molar refractivity (Wildman–Crippen MR) is 87.5 cm³/mol. The van der Waals surface area contributed by atoms with Gasteiger partial charge in [0.15, 0.2) is 0 Å². The third kappa shape index (κ3) is 3.14. The summed E-state index contributed by atoms with van der Waals surface area (Å²) in [6, 6.07) is 12.8. The molecule has 1 aromatic carbocycles. The zero-order valence-corrected chi connectivity index (χ0v) is 13.3. The summed E-state index contributed by atoms with van der Waals surface area (Å²) in [7, 11) is 1.69. The van der Waals surface area contributed by atoms with Crippen LogP contribution in [-0.2, 0) is 4.74 Å². The van der Waals surface area contributed by atoms with Crippen LogP contribution in [0.25, 0.3) is 0 Å².